The number of thiazole rings is 1. The van der Waals surface area contributed by atoms with Gasteiger partial charge in [-0.25, -0.2) is 9.78 Å². The fourth-order valence-corrected chi connectivity index (χ4v) is 3.55. The summed E-state index contributed by atoms with van der Waals surface area (Å²) in [4.78, 5) is 16.3. The molecule has 0 aliphatic carbocycles. The topological polar surface area (TPSA) is 48.4 Å². The zero-order valence-corrected chi connectivity index (χ0v) is 15.1. The molecule has 0 unspecified atom stereocenters. The highest BCUT2D eigenvalue weighted by molar-refractivity contribution is 7.14. The van der Waals surface area contributed by atoms with Gasteiger partial charge in [0, 0.05) is 16.3 Å². The van der Waals surface area contributed by atoms with Crippen LogP contribution in [0.4, 0.5) is 0 Å². The Hall–Kier alpha value is -2.18. The lowest BCUT2D eigenvalue weighted by Gasteiger charge is -2.08. The minimum Gasteiger partial charge on any atom is -0.482 e. The third kappa shape index (κ3) is 4.21. The van der Waals surface area contributed by atoms with Crippen LogP contribution in [0.3, 0.4) is 0 Å². The van der Waals surface area contributed by atoms with Crippen molar-refractivity contribution in [2.45, 2.75) is 20.5 Å². The van der Waals surface area contributed by atoms with E-state index in [0.717, 1.165) is 21.8 Å². The molecule has 2 heterocycles. The standard InChI is InChI=1S/C18H17NO3S2/c1-12-3-4-16(7-13(12)2)21-9-17(20)22-8-15-11-24-18(19-15)14-5-6-23-10-14/h3-7,10-11H,8-9H2,1-2H3. The van der Waals surface area contributed by atoms with Gasteiger partial charge < -0.3 is 9.47 Å². The first kappa shape index (κ1) is 16.7. The Morgan fingerprint density at radius 3 is 2.79 bits per heavy atom. The summed E-state index contributed by atoms with van der Waals surface area (Å²) in [6.07, 6.45) is 0. The fourth-order valence-electron chi connectivity index (χ4n) is 2.03. The van der Waals surface area contributed by atoms with Crippen LogP contribution in [0, 0.1) is 13.8 Å². The molecule has 6 heteroatoms. The first-order chi connectivity index (χ1) is 11.6. The van der Waals surface area contributed by atoms with Crippen molar-refractivity contribution in [2.24, 2.45) is 0 Å². The third-order valence-electron chi connectivity index (χ3n) is 3.54. The monoisotopic (exact) mass is 359 g/mol. The minimum absolute atomic E-state index is 0.107. The quantitative estimate of drug-likeness (QED) is 0.603. The predicted molar refractivity (Wildman–Crippen MR) is 96.6 cm³/mol. The maximum Gasteiger partial charge on any atom is 0.344 e. The van der Waals surface area contributed by atoms with Gasteiger partial charge in [0.15, 0.2) is 6.61 Å². The van der Waals surface area contributed by atoms with E-state index in [1.807, 2.05) is 54.3 Å². The molecule has 0 saturated carbocycles. The van der Waals surface area contributed by atoms with Crippen molar-refractivity contribution in [1.82, 2.24) is 4.98 Å². The normalized spacial score (nSPS) is 10.6. The van der Waals surface area contributed by atoms with E-state index in [4.69, 9.17) is 9.47 Å². The molecule has 0 radical (unpaired) electrons. The van der Waals surface area contributed by atoms with Crippen LogP contribution < -0.4 is 4.74 Å². The van der Waals surface area contributed by atoms with E-state index < -0.39 is 5.97 Å². The number of thiophene rings is 1. The zero-order valence-electron chi connectivity index (χ0n) is 13.4. The van der Waals surface area contributed by atoms with E-state index in [9.17, 15) is 4.79 Å². The molecule has 0 amide bonds. The number of aromatic nitrogens is 1. The molecule has 0 spiro atoms. The van der Waals surface area contributed by atoms with Crippen molar-refractivity contribution in [2.75, 3.05) is 6.61 Å². The van der Waals surface area contributed by atoms with Crippen molar-refractivity contribution in [1.29, 1.82) is 0 Å². The van der Waals surface area contributed by atoms with Crippen LogP contribution in [0.25, 0.3) is 10.6 Å². The average Bonchev–Trinajstić information content (AvgIpc) is 3.25. The van der Waals surface area contributed by atoms with E-state index in [1.165, 1.54) is 5.56 Å². The maximum absolute atomic E-state index is 11.8. The van der Waals surface area contributed by atoms with Gasteiger partial charge in [0.05, 0.1) is 5.69 Å². The molecule has 2 aromatic heterocycles. The fraction of sp³-hybridized carbons (Fsp3) is 0.222. The number of hydrogen-bond donors (Lipinski definition) is 0. The zero-order chi connectivity index (χ0) is 16.9. The highest BCUT2D eigenvalue weighted by Gasteiger charge is 2.09. The SMILES string of the molecule is Cc1ccc(OCC(=O)OCc2csc(-c3ccsc3)n2)cc1C. The molecular formula is C18H17NO3S2. The molecule has 0 atom stereocenters. The van der Waals surface area contributed by atoms with Crippen molar-refractivity contribution in [3.63, 3.8) is 0 Å². The molecule has 1 aromatic carbocycles. The highest BCUT2D eigenvalue weighted by atomic mass is 32.1. The summed E-state index contributed by atoms with van der Waals surface area (Å²) in [5.41, 5.74) is 4.17. The lowest BCUT2D eigenvalue weighted by molar-refractivity contribution is -0.147. The predicted octanol–water partition coefficient (Wildman–Crippen LogP) is 4.61. The van der Waals surface area contributed by atoms with Gasteiger partial charge in [-0.3, -0.25) is 0 Å². The second-order valence-corrected chi connectivity index (χ2v) is 6.99. The van der Waals surface area contributed by atoms with Crippen molar-refractivity contribution < 1.29 is 14.3 Å². The van der Waals surface area contributed by atoms with Crippen molar-refractivity contribution >= 4 is 28.6 Å². The molecule has 0 bridgehead atoms. The summed E-state index contributed by atoms with van der Waals surface area (Å²) >= 11 is 3.18. The van der Waals surface area contributed by atoms with Gasteiger partial charge in [-0.15, -0.1) is 11.3 Å². The Morgan fingerprint density at radius 2 is 2.04 bits per heavy atom. The first-order valence-corrected chi connectivity index (χ1v) is 9.27. The van der Waals surface area contributed by atoms with E-state index in [1.54, 1.807) is 22.7 Å². The van der Waals surface area contributed by atoms with E-state index in [0.29, 0.717) is 5.75 Å². The molecule has 0 fully saturated rings. The van der Waals surface area contributed by atoms with Crippen molar-refractivity contribution in [3.8, 4) is 16.3 Å². The van der Waals surface area contributed by atoms with Gasteiger partial charge in [-0.2, -0.15) is 11.3 Å². The minimum atomic E-state index is -0.404. The number of nitrogens with zero attached hydrogens (tertiary/aromatic N) is 1. The van der Waals surface area contributed by atoms with Crippen LogP contribution in [-0.2, 0) is 16.1 Å². The summed E-state index contributed by atoms with van der Waals surface area (Å²) < 4.78 is 10.7. The van der Waals surface area contributed by atoms with E-state index >= 15 is 0 Å². The van der Waals surface area contributed by atoms with Gasteiger partial charge in [0.25, 0.3) is 0 Å². The summed E-state index contributed by atoms with van der Waals surface area (Å²) in [5.74, 6) is 0.266. The number of hydrogen-bond acceptors (Lipinski definition) is 6. The second kappa shape index (κ2) is 7.59. The first-order valence-electron chi connectivity index (χ1n) is 7.44. The second-order valence-electron chi connectivity index (χ2n) is 5.35. The lowest BCUT2D eigenvalue weighted by atomic mass is 10.1. The molecule has 24 heavy (non-hydrogen) atoms. The van der Waals surface area contributed by atoms with Crippen molar-refractivity contribution in [3.05, 3.63) is 57.2 Å². The lowest BCUT2D eigenvalue weighted by Crippen LogP contribution is -2.14. The average molecular weight is 359 g/mol. The van der Waals surface area contributed by atoms with Crippen LogP contribution in [-0.4, -0.2) is 17.6 Å². The van der Waals surface area contributed by atoms with Crippen LogP contribution in [0.15, 0.2) is 40.4 Å². The largest absolute Gasteiger partial charge is 0.482 e. The van der Waals surface area contributed by atoms with Crippen LogP contribution in [0.1, 0.15) is 16.8 Å². The number of aryl methyl sites for hydroxylation is 2. The molecule has 4 nitrogen and oxygen atoms in total. The molecule has 3 aromatic rings. The Bertz CT molecular complexity index is 825. The Kier molecular flexibility index (Phi) is 5.27. The molecule has 3 rings (SSSR count). The highest BCUT2D eigenvalue weighted by Crippen LogP contribution is 2.25. The van der Waals surface area contributed by atoms with Crippen LogP contribution in [0.5, 0.6) is 5.75 Å². The number of carbonyl (C=O) groups is 1. The number of carbonyl (C=O) groups excluding carboxylic acids is 1. The number of ether oxygens (including phenoxy) is 2. The summed E-state index contributed by atoms with van der Waals surface area (Å²) in [6, 6.07) is 7.76. The Morgan fingerprint density at radius 1 is 1.17 bits per heavy atom. The molecule has 0 saturated heterocycles. The summed E-state index contributed by atoms with van der Waals surface area (Å²) in [5, 5.41) is 6.91. The smallest absolute Gasteiger partial charge is 0.344 e. The number of esters is 1. The number of rotatable bonds is 6. The molecule has 124 valence electrons. The third-order valence-corrected chi connectivity index (χ3v) is 5.16. The molecular weight excluding hydrogens is 342 g/mol. The van der Waals surface area contributed by atoms with Crippen LogP contribution in [0.2, 0.25) is 0 Å². The van der Waals surface area contributed by atoms with Gasteiger partial charge in [0.1, 0.15) is 17.4 Å². The van der Waals surface area contributed by atoms with E-state index in [-0.39, 0.29) is 13.2 Å². The molecule has 0 aliphatic rings. The number of benzene rings is 1. The molecule has 0 N–H and O–H groups in total. The summed E-state index contributed by atoms with van der Waals surface area (Å²) in [6.45, 7) is 4.10. The van der Waals surface area contributed by atoms with E-state index in [2.05, 4.69) is 4.98 Å². The maximum atomic E-state index is 11.8. The Balaban J connectivity index is 1.48. The van der Waals surface area contributed by atoms with Gasteiger partial charge >= 0.3 is 5.97 Å². The Labute approximate surface area is 148 Å². The van der Waals surface area contributed by atoms with Gasteiger partial charge in [0.2, 0.25) is 0 Å². The summed E-state index contributed by atoms with van der Waals surface area (Å²) in [7, 11) is 0. The van der Waals surface area contributed by atoms with Crippen LogP contribution >= 0.6 is 22.7 Å². The van der Waals surface area contributed by atoms with Gasteiger partial charge in [-0.05, 0) is 48.6 Å². The van der Waals surface area contributed by atoms with Gasteiger partial charge in [-0.1, -0.05) is 6.07 Å². The molecule has 0 aliphatic heterocycles.